The average Bonchev–Trinajstić information content (AvgIpc) is 2.30. The van der Waals surface area contributed by atoms with E-state index in [0.717, 1.165) is 35.1 Å². The highest BCUT2D eigenvalue weighted by Gasteiger charge is 2.06. The molecule has 0 radical (unpaired) electrons. The van der Waals surface area contributed by atoms with Crippen molar-refractivity contribution in [1.29, 1.82) is 0 Å². The molecule has 0 fully saturated rings. The smallest absolute Gasteiger partial charge is 0.0755 e. The van der Waals surface area contributed by atoms with Crippen molar-refractivity contribution in [2.75, 3.05) is 5.43 Å². The number of nitrogens with two attached hydrogens (primary N) is 1. The van der Waals surface area contributed by atoms with Crippen molar-refractivity contribution in [1.82, 2.24) is 4.98 Å². The van der Waals surface area contributed by atoms with Crippen LogP contribution in [-0.4, -0.2) is 4.98 Å². The summed E-state index contributed by atoms with van der Waals surface area (Å²) in [6, 6.07) is 8.18. The molecule has 1 heterocycles. The summed E-state index contributed by atoms with van der Waals surface area (Å²) >= 11 is 0. The largest absolute Gasteiger partial charge is 0.323 e. The Balaban J connectivity index is 2.69. The molecule has 0 saturated heterocycles. The fraction of sp³-hybridized carbons (Fsp3) is 0.308. The topological polar surface area (TPSA) is 50.9 Å². The van der Waals surface area contributed by atoms with Gasteiger partial charge in [-0.25, -0.2) is 0 Å². The molecule has 2 rings (SSSR count). The zero-order chi connectivity index (χ0) is 11.5. The van der Waals surface area contributed by atoms with Crippen LogP contribution in [0.4, 0.5) is 5.69 Å². The molecule has 0 amide bonds. The van der Waals surface area contributed by atoms with Crippen molar-refractivity contribution in [2.45, 2.75) is 26.7 Å². The molecule has 0 unspecified atom stereocenters. The molecule has 0 aliphatic carbocycles. The summed E-state index contributed by atoms with van der Waals surface area (Å²) in [7, 11) is 0. The summed E-state index contributed by atoms with van der Waals surface area (Å²) in [6.45, 7) is 4.23. The van der Waals surface area contributed by atoms with E-state index in [1.807, 2.05) is 18.2 Å². The second-order valence-electron chi connectivity index (χ2n) is 4.03. The number of hydrogen-bond acceptors (Lipinski definition) is 3. The van der Waals surface area contributed by atoms with E-state index in [4.69, 9.17) is 5.84 Å². The lowest BCUT2D eigenvalue weighted by Gasteiger charge is -2.10. The lowest BCUT2D eigenvalue weighted by atomic mass is 10.1. The number of pyridine rings is 1. The Bertz CT molecular complexity index is 506. The van der Waals surface area contributed by atoms with Gasteiger partial charge in [0.1, 0.15) is 0 Å². The van der Waals surface area contributed by atoms with Gasteiger partial charge in [-0.2, -0.15) is 0 Å². The zero-order valence-corrected chi connectivity index (χ0v) is 9.75. The SMILES string of the molecule is CCCc1cc(NN)c2cccc(C)c2n1. The number of para-hydroxylation sites is 1. The van der Waals surface area contributed by atoms with Crippen LogP contribution in [0.3, 0.4) is 0 Å². The van der Waals surface area contributed by atoms with Gasteiger partial charge in [-0.3, -0.25) is 10.8 Å². The first-order valence-electron chi connectivity index (χ1n) is 5.62. The number of hydrazine groups is 1. The fourth-order valence-electron chi connectivity index (χ4n) is 1.95. The van der Waals surface area contributed by atoms with E-state index >= 15 is 0 Å². The van der Waals surface area contributed by atoms with Crippen LogP contribution in [0.1, 0.15) is 24.6 Å². The Kier molecular flexibility index (Phi) is 3.06. The van der Waals surface area contributed by atoms with Crippen molar-refractivity contribution >= 4 is 16.6 Å². The number of nitrogens with one attached hydrogen (secondary N) is 1. The van der Waals surface area contributed by atoms with Gasteiger partial charge in [-0.15, -0.1) is 0 Å². The van der Waals surface area contributed by atoms with Crippen LogP contribution >= 0.6 is 0 Å². The Morgan fingerprint density at radius 2 is 2.19 bits per heavy atom. The molecule has 3 heteroatoms. The highest BCUT2D eigenvalue weighted by molar-refractivity contribution is 5.93. The van der Waals surface area contributed by atoms with Gasteiger partial charge < -0.3 is 5.43 Å². The molecule has 0 saturated carbocycles. The van der Waals surface area contributed by atoms with E-state index in [1.54, 1.807) is 0 Å². The van der Waals surface area contributed by atoms with E-state index in [-0.39, 0.29) is 0 Å². The summed E-state index contributed by atoms with van der Waals surface area (Å²) in [4.78, 5) is 4.68. The van der Waals surface area contributed by atoms with Crippen molar-refractivity contribution in [3.8, 4) is 0 Å². The standard InChI is InChI=1S/C13H17N3/c1-3-5-10-8-12(16-14)11-7-4-6-9(2)13(11)15-10/h4,6-8H,3,5,14H2,1-2H3,(H,15,16). The minimum Gasteiger partial charge on any atom is -0.323 e. The molecule has 2 aromatic rings. The van der Waals surface area contributed by atoms with Gasteiger partial charge in [0.25, 0.3) is 0 Å². The van der Waals surface area contributed by atoms with E-state index < -0.39 is 0 Å². The molecular formula is C13H17N3. The number of aryl methyl sites for hydroxylation is 2. The second kappa shape index (κ2) is 4.49. The van der Waals surface area contributed by atoms with Gasteiger partial charge in [-0.1, -0.05) is 31.5 Å². The van der Waals surface area contributed by atoms with E-state index in [0.29, 0.717) is 0 Å². The number of nitrogens with zero attached hydrogens (tertiary/aromatic N) is 1. The number of fused-ring (bicyclic) bond motifs is 1. The third kappa shape index (κ3) is 1.86. The highest BCUT2D eigenvalue weighted by atomic mass is 15.2. The first kappa shape index (κ1) is 10.9. The Morgan fingerprint density at radius 3 is 2.88 bits per heavy atom. The third-order valence-electron chi connectivity index (χ3n) is 2.76. The summed E-state index contributed by atoms with van der Waals surface area (Å²) in [6.07, 6.45) is 2.08. The third-order valence-corrected chi connectivity index (χ3v) is 2.76. The predicted molar refractivity (Wildman–Crippen MR) is 68.3 cm³/mol. The normalized spacial score (nSPS) is 10.7. The first-order valence-corrected chi connectivity index (χ1v) is 5.62. The van der Waals surface area contributed by atoms with Gasteiger partial charge in [0, 0.05) is 11.1 Å². The zero-order valence-electron chi connectivity index (χ0n) is 9.75. The summed E-state index contributed by atoms with van der Waals surface area (Å²) in [5.41, 5.74) is 7.04. The lowest BCUT2D eigenvalue weighted by molar-refractivity contribution is 0.889. The van der Waals surface area contributed by atoms with Crippen LogP contribution < -0.4 is 11.3 Å². The van der Waals surface area contributed by atoms with Crippen LogP contribution in [0.15, 0.2) is 24.3 Å². The molecule has 0 spiro atoms. The molecule has 0 bridgehead atoms. The minimum atomic E-state index is 0.956. The van der Waals surface area contributed by atoms with Gasteiger partial charge in [0.15, 0.2) is 0 Å². The van der Waals surface area contributed by atoms with Gasteiger partial charge in [0.05, 0.1) is 11.2 Å². The molecule has 3 N–H and O–H groups in total. The Labute approximate surface area is 95.7 Å². The Hall–Kier alpha value is -1.61. The van der Waals surface area contributed by atoms with Gasteiger partial charge >= 0.3 is 0 Å². The molecule has 3 nitrogen and oxygen atoms in total. The second-order valence-corrected chi connectivity index (χ2v) is 4.03. The average molecular weight is 215 g/mol. The monoisotopic (exact) mass is 215 g/mol. The van der Waals surface area contributed by atoms with Crippen LogP contribution in [0.2, 0.25) is 0 Å². The summed E-state index contributed by atoms with van der Waals surface area (Å²) in [5.74, 6) is 5.55. The number of hydrogen-bond donors (Lipinski definition) is 2. The molecule has 84 valence electrons. The summed E-state index contributed by atoms with van der Waals surface area (Å²) < 4.78 is 0. The van der Waals surface area contributed by atoms with E-state index in [9.17, 15) is 0 Å². The van der Waals surface area contributed by atoms with Crippen molar-refractivity contribution in [3.05, 3.63) is 35.5 Å². The number of anilines is 1. The van der Waals surface area contributed by atoms with Crippen LogP contribution in [0, 0.1) is 6.92 Å². The number of aromatic nitrogens is 1. The van der Waals surface area contributed by atoms with Gasteiger partial charge in [0.2, 0.25) is 0 Å². The summed E-state index contributed by atoms with van der Waals surface area (Å²) in [5, 5.41) is 1.09. The molecule has 0 aliphatic rings. The molecule has 0 aliphatic heterocycles. The van der Waals surface area contributed by atoms with Crippen molar-refractivity contribution in [2.24, 2.45) is 5.84 Å². The minimum absolute atomic E-state index is 0.956. The molecule has 1 aromatic heterocycles. The van der Waals surface area contributed by atoms with Gasteiger partial charge in [-0.05, 0) is 25.0 Å². The van der Waals surface area contributed by atoms with Crippen molar-refractivity contribution < 1.29 is 0 Å². The Morgan fingerprint density at radius 1 is 1.38 bits per heavy atom. The quantitative estimate of drug-likeness (QED) is 0.611. The van der Waals surface area contributed by atoms with Crippen molar-refractivity contribution in [3.63, 3.8) is 0 Å². The molecule has 16 heavy (non-hydrogen) atoms. The maximum Gasteiger partial charge on any atom is 0.0755 e. The molecular weight excluding hydrogens is 198 g/mol. The van der Waals surface area contributed by atoms with Crippen LogP contribution in [0.25, 0.3) is 10.9 Å². The van der Waals surface area contributed by atoms with E-state index in [1.165, 1.54) is 5.56 Å². The first-order chi connectivity index (χ1) is 7.76. The lowest BCUT2D eigenvalue weighted by Crippen LogP contribution is -2.08. The van der Waals surface area contributed by atoms with E-state index in [2.05, 4.69) is 30.3 Å². The molecule has 1 aromatic carbocycles. The number of rotatable bonds is 3. The van der Waals surface area contributed by atoms with Crippen LogP contribution in [0.5, 0.6) is 0 Å². The fourth-order valence-corrected chi connectivity index (χ4v) is 1.95. The maximum absolute atomic E-state index is 5.55. The van der Waals surface area contributed by atoms with Crippen LogP contribution in [-0.2, 0) is 6.42 Å². The predicted octanol–water partition coefficient (Wildman–Crippen LogP) is 2.78. The molecule has 0 atom stereocenters. The maximum atomic E-state index is 5.55. The number of nitrogen functional groups attached to an aromatic ring is 1. The number of benzene rings is 1. The highest BCUT2D eigenvalue weighted by Crippen LogP contribution is 2.25.